The topological polar surface area (TPSA) is 117 Å². The van der Waals surface area contributed by atoms with Gasteiger partial charge < -0.3 is 9.13 Å². The lowest BCUT2D eigenvalue weighted by molar-refractivity contribution is -0.137. The van der Waals surface area contributed by atoms with Crippen molar-refractivity contribution in [3.8, 4) is 68.1 Å². The molecule has 0 N–H and O–H groups in total. The van der Waals surface area contributed by atoms with Crippen molar-refractivity contribution in [3.63, 3.8) is 0 Å². The summed E-state index contributed by atoms with van der Waals surface area (Å²) in [4.78, 5) is 40.7. The van der Waals surface area contributed by atoms with Crippen LogP contribution in [0.2, 0.25) is 0 Å². The largest absolute Gasteiger partial charge is 0.417 e. The van der Waals surface area contributed by atoms with Gasteiger partial charge in [-0.15, -0.1) is 0 Å². The van der Waals surface area contributed by atoms with Crippen molar-refractivity contribution in [3.05, 3.63) is 200 Å². The summed E-state index contributed by atoms with van der Waals surface area (Å²) in [6, 6.07) is 38.0. The molecular weight excluding hydrogens is 872 g/mol. The average molecular weight is 904 g/mol. The number of rotatable bonds is 7. The molecule has 14 heteroatoms. The fourth-order valence-electron chi connectivity index (χ4n) is 9.44. The third kappa shape index (κ3) is 6.82. The molecule has 0 saturated heterocycles. The maximum absolute atomic E-state index is 15.4. The summed E-state index contributed by atoms with van der Waals surface area (Å²) in [6.07, 6.45) is 8.56. The van der Waals surface area contributed by atoms with E-state index in [-0.39, 0.29) is 22.5 Å². The smallest absolute Gasteiger partial charge is 0.319 e. The molecule has 0 aliphatic carbocycles. The standard InChI is InChI=1S/C55H32F3N11/c1-32-8-3-9-42(55(56,57)58)48(32)41-18-19-43(68-44-28-33(51-60-20-4-21-61-51)10-14-37(44)38-15-11-34(29-45(38)68)52-62-22-5-23-63-52)49(59-2)50(41)69-46-30-35(53-64-24-6-25-65-53)12-16-39(46)40-17-13-36(31-47(40)69)54-66-26-7-27-67-54/h3-31H,1H3. The van der Waals surface area contributed by atoms with Gasteiger partial charge in [-0.05, 0) is 84.3 Å². The minimum absolute atomic E-state index is 0.0502. The summed E-state index contributed by atoms with van der Waals surface area (Å²) in [6.45, 7) is 10.9. The van der Waals surface area contributed by atoms with Crippen LogP contribution in [-0.4, -0.2) is 49.0 Å². The molecule has 6 aromatic heterocycles. The van der Waals surface area contributed by atoms with Gasteiger partial charge in [0.2, 0.25) is 5.69 Å². The quantitative estimate of drug-likeness (QED) is 0.145. The number of hydrogen-bond donors (Lipinski definition) is 0. The van der Waals surface area contributed by atoms with Crippen molar-refractivity contribution in [2.75, 3.05) is 0 Å². The van der Waals surface area contributed by atoms with Crippen molar-refractivity contribution in [1.82, 2.24) is 49.0 Å². The maximum atomic E-state index is 15.4. The van der Waals surface area contributed by atoms with Gasteiger partial charge in [0, 0.05) is 93.4 Å². The van der Waals surface area contributed by atoms with Gasteiger partial charge in [-0.25, -0.2) is 44.7 Å². The second-order valence-corrected chi connectivity index (χ2v) is 16.3. The van der Waals surface area contributed by atoms with Crippen LogP contribution >= 0.6 is 0 Å². The van der Waals surface area contributed by atoms with Gasteiger partial charge in [0.05, 0.1) is 45.6 Å². The number of fused-ring (bicyclic) bond motifs is 6. The lowest BCUT2D eigenvalue weighted by atomic mass is 9.92. The Morgan fingerprint density at radius 2 is 0.826 bits per heavy atom. The molecule has 0 aliphatic heterocycles. The number of aromatic nitrogens is 10. The fraction of sp³-hybridized carbons (Fsp3) is 0.0364. The first kappa shape index (κ1) is 41.0. The van der Waals surface area contributed by atoms with Crippen LogP contribution in [0.3, 0.4) is 0 Å². The predicted molar refractivity (Wildman–Crippen MR) is 261 cm³/mol. The van der Waals surface area contributed by atoms with Crippen molar-refractivity contribution in [2.24, 2.45) is 0 Å². The zero-order valence-corrected chi connectivity index (χ0v) is 36.3. The molecular formula is C55H32F3N11. The van der Waals surface area contributed by atoms with Gasteiger partial charge in [0.1, 0.15) is 0 Å². The Morgan fingerprint density at radius 3 is 1.19 bits per heavy atom. The van der Waals surface area contributed by atoms with Crippen molar-refractivity contribution < 1.29 is 13.2 Å². The van der Waals surface area contributed by atoms with E-state index in [1.165, 1.54) is 6.07 Å². The molecule has 0 spiro atoms. The predicted octanol–water partition coefficient (Wildman–Crippen LogP) is 13.3. The fourth-order valence-corrected chi connectivity index (χ4v) is 9.44. The Hall–Kier alpha value is -9.48. The number of halogens is 3. The first-order valence-electron chi connectivity index (χ1n) is 21.7. The van der Waals surface area contributed by atoms with Crippen LogP contribution in [0.5, 0.6) is 0 Å². The highest BCUT2D eigenvalue weighted by Gasteiger charge is 2.36. The summed E-state index contributed by atoms with van der Waals surface area (Å²) in [5.74, 6) is 1.90. The van der Waals surface area contributed by atoms with Crippen molar-refractivity contribution in [1.29, 1.82) is 0 Å². The number of nitrogens with zero attached hydrogens (tertiary/aromatic N) is 11. The Labute approximate surface area is 390 Å². The van der Waals surface area contributed by atoms with Gasteiger partial charge in [-0.3, -0.25) is 0 Å². The normalized spacial score (nSPS) is 11.8. The summed E-state index contributed by atoms with van der Waals surface area (Å²) < 4.78 is 50.2. The Morgan fingerprint density at radius 1 is 0.449 bits per heavy atom. The lowest BCUT2D eigenvalue weighted by Crippen LogP contribution is -2.10. The third-order valence-corrected chi connectivity index (χ3v) is 12.4. The Balaban J connectivity index is 1.27. The van der Waals surface area contributed by atoms with Crippen LogP contribution in [0.15, 0.2) is 177 Å². The van der Waals surface area contributed by atoms with E-state index in [1.54, 1.807) is 99.0 Å². The van der Waals surface area contributed by atoms with Crippen LogP contribution in [-0.2, 0) is 6.18 Å². The summed E-state index contributed by atoms with van der Waals surface area (Å²) in [5, 5.41) is 3.30. The molecule has 6 heterocycles. The van der Waals surface area contributed by atoms with E-state index in [4.69, 9.17) is 0 Å². The Kier molecular flexibility index (Phi) is 9.59. The SMILES string of the molecule is [C-]#[N+]c1c(-n2c3cc(-c4ncccn4)ccc3c3ccc(-c4ncccn4)cc32)ccc(-c2c(C)cccc2C(F)(F)F)c1-n1c2cc(-c3ncccn3)ccc2c2ccc(-c3ncccn3)cc21. The second kappa shape index (κ2) is 16.1. The third-order valence-electron chi connectivity index (χ3n) is 12.4. The van der Waals surface area contributed by atoms with Crippen LogP contribution in [0.25, 0.3) is 117 Å². The van der Waals surface area contributed by atoms with E-state index in [0.717, 1.165) is 38.7 Å². The molecule has 0 radical (unpaired) electrons. The molecule has 0 amide bonds. The molecule has 11 nitrogen and oxygen atoms in total. The maximum Gasteiger partial charge on any atom is 0.417 e. The van der Waals surface area contributed by atoms with Gasteiger partial charge in [0.15, 0.2) is 23.3 Å². The number of aryl methyl sites for hydroxylation is 1. The van der Waals surface area contributed by atoms with Crippen LogP contribution in [0.4, 0.5) is 18.9 Å². The van der Waals surface area contributed by atoms with E-state index in [9.17, 15) is 6.57 Å². The monoisotopic (exact) mass is 903 g/mol. The molecule has 12 aromatic rings. The number of alkyl halides is 3. The lowest BCUT2D eigenvalue weighted by Gasteiger charge is -2.23. The van der Waals surface area contributed by atoms with E-state index in [2.05, 4.69) is 44.7 Å². The first-order chi connectivity index (χ1) is 33.7. The van der Waals surface area contributed by atoms with Crippen molar-refractivity contribution >= 4 is 49.3 Å². The Bertz CT molecular complexity index is 3820. The molecule has 12 rings (SSSR count). The molecule has 328 valence electrons. The van der Waals surface area contributed by atoms with Gasteiger partial charge in [0.25, 0.3) is 0 Å². The van der Waals surface area contributed by atoms with Gasteiger partial charge in [-0.2, -0.15) is 13.2 Å². The van der Waals surface area contributed by atoms with E-state index in [1.807, 2.05) is 81.9 Å². The zero-order valence-electron chi connectivity index (χ0n) is 36.3. The van der Waals surface area contributed by atoms with E-state index < -0.39 is 11.7 Å². The van der Waals surface area contributed by atoms with Gasteiger partial charge >= 0.3 is 6.18 Å². The molecule has 0 atom stereocenters. The molecule has 0 aliphatic rings. The molecule has 0 fully saturated rings. The highest BCUT2D eigenvalue weighted by Crippen LogP contribution is 2.50. The summed E-state index contributed by atoms with van der Waals surface area (Å²) in [5.41, 5.74) is 5.88. The van der Waals surface area contributed by atoms with Crippen molar-refractivity contribution in [2.45, 2.75) is 13.1 Å². The minimum atomic E-state index is -4.75. The highest BCUT2D eigenvalue weighted by atomic mass is 19.4. The van der Waals surface area contributed by atoms with Crippen LogP contribution in [0.1, 0.15) is 11.1 Å². The molecule has 0 saturated carbocycles. The average Bonchev–Trinajstić information content (AvgIpc) is 3.89. The van der Waals surface area contributed by atoms with Crippen LogP contribution < -0.4 is 0 Å². The van der Waals surface area contributed by atoms with Gasteiger partial charge in [-0.1, -0.05) is 66.7 Å². The molecule has 0 bridgehead atoms. The summed E-state index contributed by atoms with van der Waals surface area (Å²) >= 11 is 0. The van der Waals surface area contributed by atoms with Crippen LogP contribution in [0, 0.1) is 13.5 Å². The zero-order chi connectivity index (χ0) is 46.8. The van der Waals surface area contributed by atoms with E-state index in [0.29, 0.717) is 67.7 Å². The molecule has 6 aromatic carbocycles. The number of hydrogen-bond acceptors (Lipinski definition) is 8. The molecule has 0 unspecified atom stereocenters. The first-order valence-corrected chi connectivity index (χ1v) is 21.7. The highest BCUT2D eigenvalue weighted by molar-refractivity contribution is 6.14. The minimum Gasteiger partial charge on any atom is -0.319 e. The van der Waals surface area contributed by atoms with E-state index >= 15 is 13.2 Å². The molecule has 69 heavy (non-hydrogen) atoms. The summed E-state index contributed by atoms with van der Waals surface area (Å²) in [7, 11) is 0. The number of benzene rings is 6. The second-order valence-electron chi connectivity index (χ2n) is 16.3.